The van der Waals surface area contributed by atoms with E-state index in [4.69, 9.17) is 0 Å². The molecule has 0 radical (unpaired) electrons. The third-order valence-corrected chi connectivity index (χ3v) is 3.30. The fourth-order valence-electron chi connectivity index (χ4n) is 2.22. The van der Waals surface area contributed by atoms with Crippen LogP contribution in [0.5, 0.6) is 0 Å². The Kier molecular flexibility index (Phi) is 4.03. The summed E-state index contributed by atoms with van der Waals surface area (Å²) in [5.74, 6) is 2.28. The summed E-state index contributed by atoms with van der Waals surface area (Å²) in [4.78, 5) is 6.79. The Morgan fingerprint density at radius 2 is 1.78 bits per heavy atom. The molecule has 18 heavy (non-hydrogen) atoms. The molecule has 0 amide bonds. The van der Waals surface area contributed by atoms with Crippen LogP contribution in [0, 0.1) is 6.92 Å². The largest absolute Gasteiger partial charge is 0.357 e. The van der Waals surface area contributed by atoms with Crippen LogP contribution in [0.1, 0.15) is 25.2 Å². The minimum Gasteiger partial charge on any atom is -0.357 e. The number of hydrogen-bond donors (Lipinski definition) is 0. The fraction of sp³-hybridized carbons (Fsp3) is 0.400. The van der Waals surface area contributed by atoms with Crippen LogP contribution >= 0.6 is 0 Å². The molecule has 3 nitrogen and oxygen atoms in total. The molecular formula is C15H21N3. The van der Waals surface area contributed by atoms with Crippen LogP contribution in [0.15, 0.2) is 36.5 Å². The molecular weight excluding hydrogens is 222 g/mol. The number of rotatable bonds is 5. The zero-order chi connectivity index (χ0) is 13.0. The molecule has 1 heterocycles. The number of aryl methyl sites for hydroxylation is 1. The number of benzene rings is 1. The maximum absolute atomic E-state index is 4.45. The molecule has 3 heteroatoms. The highest BCUT2D eigenvalue weighted by Crippen LogP contribution is 2.18. The van der Waals surface area contributed by atoms with Crippen LogP contribution in [0.3, 0.4) is 0 Å². The van der Waals surface area contributed by atoms with E-state index in [2.05, 4.69) is 65.6 Å². The van der Waals surface area contributed by atoms with Crippen molar-refractivity contribution in [2.45, 2.75) is 27.3 Å². The zero-order valence-electron chi connectivity index (χ0n) is 11.4. The molecule has 0 unspecified atom stereocenters. The van der Waals surface area contributed by atoms with E-state index < -0.39 is 0 Å². The first-order chi connectivity index (χ1) is 8.76. The van der Waals surface area contributed by atoms with Crippen molar-refractivity contribution in [2.75, 3.05) is 18.0 Å². The highest BCUT2D eigenvalue weighted by Gasteiger charge is 2.11. The van der Waals surface area contributed by atoms with Gasteiger partial charge in [0.15, 0.2) is 0 Å². The van der Waals surface area contributed by atoms with Crippen molar-refractivity contribution in [3.8, 4) is 0 Å². The topological polar surface area (TPSA) is 21.1 Å². The summed E-state index contributed by atoms with van der Waals surface area (Å²) < 4.78 is 2.28. The number of anilines is 1. The van der Waals surface area contributed by atoms with Crippen molar-refractivity contribution in [1.29, 1.82) is 0 Å². The summed E-state index contributed by atoms with van der Waals surface area (Å²) in [6, 6.07) is 10.5. The molecule has 0 fully saturated rings. The van der Waals surface area contributed by atoms with Crippen molar-refractivity contribution >= 4 is 5.82 Å². The standard InChI is InChI=1S/C15H21N3/c1-4-17(5-2)15-11-16-13(3)18(15)12-14-9-7-6-8-10-14/h6-11H,4-5,12H2,1-3H3. The van der Waals surface area contributed by atoms with E-state index in [-0.39, 0.29) is 0 Å². The first kappa shape index (κ1) is 12.7. The smallest absolute Gasteiger partial charge is 0.129 e. The molecule has 96 valence electrons. The Morgan fingerprint density at radius 1 is 1.11 bits per heavy atom. The second-order valence-corrected chi connectivity index (χ2v) is 4.41. The van der Waals surface area contributed by atoms with Crippen molar-refractivity contribution in [3.05, 3.63) is 47.9 Å². The molecule has 0 aliphatic heterocycles. The van der Waals surface area contributed by atoms with Crippen LogP contribution in [0.4, 0.5) is 5.82 Å². The van der Waals surface area contributed by atoms with Crippen molar-refractivity contribution < 1.29 is 0 Å². The molecule has 2 aromatic rings. The van der Waals surface area contributed by atoms with Gasteiger partial charge in [-0.1, -0.05) is 30.3 Å². The first-order valence-corrected chi connectivity index (χ1v) is 6.57. The molecule has 2 rings (SSSR count). The lowest BCUT2D eigenvalue weighted by Crippen LogP contribution is -2.25. The van der Waals surface area contributed by atoms with E-state index in [9.17, 15) is 0 Å². The average Bonchev–Trinajstić information content (AvgIpc) is 2.75. The van der Waals surface area contributed by atoms with Gasteiger partial charge >= 0.3 is 0 Å². The number of aromatic nitrogens is 2. The quantitative estimate of drug-likeness (QED) is 0.804. The van der Waals surface area contributed by atoms with Crippen molar-refractivity contribution in [2.24, 2.45) is 0 Å². The van der Waals surface area contributed by atoms with Crippen LogP contribution in [-0.4, -0.2) is 22.6 Å². The second-order valence-electron chi connectivity index (χ2n) is 4.41. The van der Waals surface area contributed by atoms with E-state index >= 15 is 0 Å². The van der Waals surface area contributed by atoms with Gasteiger partial charge in [0.1, 0.15) is 11.6 Å². The van der Waals surface area contributed by atoms with Gasteiger partial charge in [0, 0.05) is 13.1 Å². The predicted octanol–water partition coefficient (Wildman–Crippen LogP) is 3.09. The molecule has 0 bridgehead atoms. The minimum absolute atomic E-state index is 0.887. The summed E-state index contributed by atoms with van der Waals surface area (Å²) in [6.45, 7) is 9.33. The third-order valence-electron chi connectivity index (χ3n) is 3.30. The molecule has 0 spiro atoms. The highest BCUT2D eigenvalue weighted by atomic mass is 15.3. The Hall–Kier alpha value is -1.77. The van der Waals surface area contributed by atoms with E-state index in [1.54, 1.807) is 0 Å². The van der Waals surface area contributed by atoms with E-state index in [1.807, 2.05) is 6.20 Å². The van der Waals surface area contributed by atoms with Crippen LogP contribution in [-0.2, 0) is 6.54 Å². The monoisotopic (exact) mass is 243 g/mol. The van der Waals surface area contributed by atoms with Crippen LogP contribution in [0.2, 0.25) is 0 Å². The fourth-order valence-corrected chi connectivity index (χ4v) is 2.22. The van der Waals surface area contributed by atoms with Crippen LogP contribution in [0.25, 0.3) is 0 Å². The van der Waals surface area contributed by atoms with Gasteiger partial charge in [-0.2, -0.15) is 0 Å². The average molecular weight is 243 g/mol. The molecule has 0 saturated carbocycles. The van der Waals surface area contributed by atoms with E-state index in [0.29, 0.717) is 0 Å². The Balaban J connectivity index is 2.29. The normalized spacial score (nSPS) is 10.6. The summed E-state index contributed by atoms with van der Waals surface area (Å²) >= 11 is 0. The lowest BCUT2D eigenvalue weighted by atomic mass is 10.2. The molecule has 0 N–H and O–H groups in total. The molecule has 1 aromatic carbocycles. The SMILES string of the molecule is CCN(CC)c1cnc(C)n1Cc1ccccc1. The predicted molar refractivity (Wildman–Crippen MR) is 76.1 cm³/mol. The zero-order valence-corrected chi connectivity index (χ0v) is 11.4. The summed E-state index contributed by atoms with van der Waals surface area (Å²) in [5, 5.41) is 0. The molecule has 1 aromatic heterocycles. The summed E-state index contributed by atoms with van der Waals surface area (Å²) in [6.07, 6.45) is 1.98. The summed E-state index contributed by atoms with van der Waals surface area (Å²) in [7, 11) is 0. The lowest BCUT2D eigenvalue weighted by Gasteiger charge is -2.22. The van der Waals surface area contributed by atoms with Gasteiger partial charge in [0.25, 0.3) is 0 Å². The maximum Gasteiger partial charge on any atom is 0.129 e. The second kappa shape index (κ2) is 5.71. The molecule has 0 saturated heterocycles. The van der Waals surface area contributed by atoms with Crippen molar-refractivity contribution in [3.63, 3.8) is 0 Å². The maximum atomic E-state index is 4.45. The van der Waals surface area contributed by atoms with Gasteiger partial charge in [0.2, 0.25) is 0 Å². The highest BCUT2D eigenvalue weighted by molar-refractivity contribution is 5.39. The van der Waals surface area contributed by atoms with Gasteiger partial charge in [-0.25, -0.2) is 4.98 Å². The van der Waals surface area contributed by atoms with Gasteiger partial charge in [-0.05, 0) is 26.3 Å². The number of hydrogen-bond acceptors (Lipinski definition) is 2. The van der Waals surface area contributed by atoms with Crippen molar-refractivity contribution in [1.82, 2.24) is 9.55 Å². The first-order valence-electron chi connectivity index (χ1n) is 6.57. The molecule has 0 aliphatic rings. The summed E-state index contributed by atoms with van der Waals surface area (Å²) in [5.41, 5.74) is 1.31. The van der Waals surface area contributed by atoms with Crippen LogP contribution < -0.4 is 4.90 Å². The Labute approximate surface area is 109 Å². The third kappa shape index (κ3) is 2.55. The van der Waals surface area contributed by atoms with Gasteiger partial charge in [-0.3, -0.25) is 0 Å². The minimum atomic E-state index is 0.887. The van der Waals surface area contributed by atoms with Gasteiger partial charge in [0.05, 0.1) is 12.7 Å². The Morgan fingerprint density at radius 3 is 2.39 bits per heavy atom. The van der Waals surface area contributed by atoms with E-state index in [1.165, 1.54) is 11.4 Å². The molecule has 0 atom stereocenters. The van der Waals surface area contributed by atoms with Gasteiger partial charge in [-0.15, -0.1) is 0 Å². The number of nitrogens with zero attached hydrogens (tertiary/aromatic N) is 3. The number of imidazole rings is 1. The van der Waals surface area contributed by atoms with Gasteiger partial charge < -0.3 is 9.47 Å². The Bertz CT molecular complexity index is 484. The lowest BCUT2D eigenvalue weighted by molar-refractivity contribution is 0.722. The van der Waals surface area contributed by atoms with E-state index in [0.717, 1.165) is 25.5 Å². The molecule has 0 aliphatic carbocycles.